The molecular weight excluding hydrogens is 627 g/mol. The quantitative estimate of drug-likeness (QED) is 0.166. The first kappa shape index (κ1) is 27.8. The Hall–Kier alpha value is -6.01. The van der Waals surface area contributed by atoms with Crippen molar-refractivity contribution in [3.05, 3.63) is 125 Å². The maximum atomic E-state index is 14.7. The summed E-state index contributed by atoms with van der Waals surface area (Å²) in [4.78, 5) is 14.7. The Balaban J connectivity index is 1.38. The standard InChI is InChI=1S/C45H31BN2O3/c1-22-12-10-13-23(2)32(22)26-20-21-28-36-41(26)51-43-37-39-38(33-25-15-7-9-19-31(25)50-42(33)43)47-29-17-8-6-14-24(29)34(45(3,4)5)44(47)48(39)30-18-11-16-27(40(28)49)35(30)46(36)37/h6-21H,1-5H3. The average Bonchev–Trinajstić information content (AvgIpc) is 3.78. The highest BCUT2D eigenvalue weighted by atomic mass is 16.5. The van der Waals surface area contributed by atoms with Crippen LogP contribution in [0.4, 0.5) is 0 Å². The lowest BCUT2D eigenvalue weighted by atomic mass is 9.31. The van der Waals surface area contributed by atoms with Gasteiger partial charge in [-0.1, -0.05) is 93.6 Å². The van der Waals surface area contributed by atoms with Gasteiger partial charge in [0.25, 0.3) is 6.71 Å². The number of ether oxygens (including phenoxy) is 1. The number of imidazole rings is 1. The molecule has 0 bridgehead atoms. The number of nitrogens with zero attached hydrogens (tertiary/aromatic N) is 2. The van der Waals surface area contributed by atoms with E-state index in [-0.39, 0.29) is 17.9 Å². The zero-order chi connectivity index (χ0) is 34.2. The Kier molecular flexibility index (Phi) is 4.81. The molecule has 0 saturated heterocycles. The average molecular weight is 659 g/mol. The second-order valence-corrected chi connectivity index (χ2v) is 15.7. The van der Waals surface area contributed by atoms with Crippen molar-refractivity contribution in [2.24, 2.45) is 0 Å². The monoisotopic (exact) mass is 658 g/mol. The van der Waals surface area contributed by atoms with E-state index in [1.54, 1.807) is 0 Å². The van der Waals surface area contributed by atoms with Crippen LogP contribution >= 0.6 is 0 Å². The SMILES string of the molecule is Cc1cccc(C)c1-c1ccc2c3c1Oc1c4c5c(c6c1oc1ccccc16)n1c6ccccc6c(C(C)(C)C)c1n5-c1cccc(c1B34)C2=O. The molecule has 0 amide bonds. The summed E-state index contributed by atoms with van der Waals surface area (Å²) in [6, 6.07) is 33.9. The second-order valence-electron chi connectivity index (χ2n) is 15.7. The number of carbonyl (C=O) groups excluding carboxylic acids is 1. The number of para-hydroxylation sites is 2. The molecule has 0 fully saturated rings. The van der Waals surface area contributed by atoms with Gasteiger partial charge in [0.1, 0.15) is 17.0 Å². The minimum absolute atomic E-state index is 0.0451. The molecule has 51 heavy (non-hydrogen) atoms. The normalized spacial score (nSPS) is 14.1. The molecule has 0 unspecified atom stereocenters. The summed E-state index contributed by atoms with van der Waals surface area (Å²) < 4.78 is 19.2. The molecule has 0 N–H and O–H groups in total. The Morgan fingerprint density at radius 3 is 2.18 bits per heavy atom. The van der Waals surface area contributed by atoms with E-state index in [9.17, 15) is 4.79 Å². The number of carbonyl (C=O) groups is 1. The molecule has 242 valence electrons. The van der Waals surface area contributed by atoms with E-state index in [4.69, 9.17) is 9.15 Å². The van der Waals surface area contributed by atoms with Gasteiger partial charge >= 0.3 is 0 Å². The van der Waals surface area contributed by atoms with Gasteiger partial charge in [-0.05, 0) is 71.1 Å². The zero-order valence-electron chi connectivity index (χ0n) is 28.9. The first-order valence-electron chi connectivity index (χ1n) is 17.8. The van der Waals surface area contributed by atoms with E-state index in [2.05, 4.69) is 122 Å². The van der Waals surface area contributed by atoms with E-state index in [0.717, 1.165) is 94.4 Å². The summed E-state index contributed by atoms with van der Waals surface area (Å²) in [5.74, 6) is 1.54. The van der Waals surface area contributed by atoms with Gasteiger partial charge in [-0.25, -0.2) is 0 Å². The lowest BCUT2D eigenvalue weighted by Crippen LogP contribution is -2.63. The molecule has 0 atom stereocenters. The highest BCUT2D eigenvalue weighted by Crippen LogP contribution is 2.50. The lowest BCUT2D eigenvalue weighted by molar-refractivity contribution is 0.104. The number of benzene rings is 6. The molecule has 6 heteroatoms. The summed E-state index contributed by atoms with van der Waals surface area (Å²) in [5.41, 5.74) is 17.3. The van der Waals surface area contributed by atoms with Gasteiger partial charge in [0.05, 0.1) is 21.9 Å². The van der Waals surface area contributed by atoms with Crippen LogP contribution in [0, 0.1) is 13.8 Å². The summed E-state index contributed by atoms with van der Waals surface area (Å²) in [6.07, 6.45) is 0. The predicted molar refractivity (Wildman–Crippen MR) is 207 cm³/mol. The molecule has 3 aliphatic rings. The molecule has 0 aliphatic carbocycles. The van der Waals surface area contributed by atoms with E-state index in [1.807, 2.05) is 18.2 Å². The Morgan fingerprint density at radius 2 is 1.37 bits per heavy atom. The summed E-state index contributed by atoms with van der Waals surface area (Å²) >= 11 is 0. The molecule has 0 spiro atoms. The van der Waals surface area contributed by atoms with Crippen molar-refractivity contribution in [1.29, 1.82) is 0 Å². The fourth-order valence-electron chi connectivity index (χ4n) is 10.0. The molecule has 6 aromatic carbocycles. The van der Waals surface area contributed by atoms with Gasteiger partial charge in [-0.2, -0.15) is 0 Å². The van der Waals surface area contributed by atoms with Crippen LogP contribution < -0.4 is 21.1 Å². The van der Waals surface area contributed by atoms with E-state index < -0.39 is 0 Å². The summed E-state index contributed by atoms with van der Waals surface area (Å²) in [6.45, 7) is 11.0. The molecule has 6 heterocycles. The molecular formula is C45H31BN2O3. The molecule has 3 aromatic heterocycles. The number of furan rings is 1. The Morgan fingerprint density at radius 1 is 0.667 bits per heavy atom. The second kappa shape index (κ2) is 8.83. The van der Waals surface area contributed by atoms with Gasteiger partial charge < -0.3 is 9.15 Å². The highest BCUT2D eigenvalue weighted by molar-refractivity contribution is 7.01. The van der Waals surface area contributed by atoms with Gasteiger partial charge in [0, 0.05) is 44.2 Å². The number of ketones is 1. The number of rotatable bonds is 1. The Bertz CT molecular complexity index is 3130. The van der Waals surface area contributed by atoms with Crippen LogP contribution in [-0.2, 0) is 5.41 Å². The van der Waals surface area contributed by atoms with Crippen molar-refractivity contribution < 1.29 is 13.9 Å². The minimum Gasteiger partial charge on any atom is -0.454 e. The van der Waals surface area contributed by atoms with E-state index in [0.29, 0.717) is 5.56 Å². The van der Waals surface area contributed by atoms with Crippen molar-refractivity contribution in [3.8, 4) is 28.3 Å². The first-order valence-corrected chi connectivity index (χ1v) is 17.8. The fourth-order valence-corrected chi connectivity index (χ4v) is 10.0. The lowest BCUT2D eigenvalue weighted by Gasteiger charge is -2.38. The third kappa shape index (κ3) is 3.07. The topological polar surface area (TPSA) is 48.8 Å². The molecule has 3 aliphatic heterocycles. The number of fused-ring (bicyclic) bond motifs is 11. The van der Waals surface area contributed by atoms with Crippen LogP contribution in [0.3, 0.4) is 0 Å². The van der Waals surface area contributed by atoms with Gasteiger partial charge in [-0.15, -0.1) is 0 Å². The third-order valence-electron chi connectivity index (χ3n) is 11.9. The van der Waals surface area contributed by atoms with Crippen LogP contribution in [0.5, 0.6) is 11.5 Å². The number of aryl methyl sites for hydroxylation is 2. The van der Waals surface area contributed by atoms with E-state index >= 15 is 0 Å². The van der Waals surface area contributed by atoms with Crippen molar-refractivity contribution in [2.75, 3.05) is 0 Å². The van der Waals surface area contributed by atoms with Gasteiger partial charge in [0.2, 0.25) is 0 Å². The summed E-state index contributed by atoms with van der Waals surface area (Å²) in [7, 11) is 0. The van der Waals surface area contributed by atoms with Crippen molar-refractivity contribution >= 4 is 78.4 Å². The molecule has 5 nitrogen and oxygen atoms in total. The highest BCUT2D eigenvalue weighted by Gasteiger charge is 2.50. The van der Waals surface area contributed by atoms with Crippen molar-refractivity contribution in [3.63, 3.8) is 0 Å². The molecule has 12 rings (SSSR count). The van der Waals surface area contributed by atoms with Crippen molar-refractivity contribution in [1.82, 2.24) is 8.97 Å². The maximum Gasteiger partial charge on any atom is 0.258 e. The Labute approximate surface area is 293 Å². The first-order chi connectivity index (χ1) is 24.7. The molecule has 0 radical (unpaired) electrons. The zero-order valence-corrected chi connectivity index (χ0v) is 28.9. The molecule has 0 saturated carbocycles. The van der Waals surface area contributed by atoms with Gasteiger partial charge in [0.15, 0.2) is 17.1 Å². The van der Waals surface area contributed by atoms with Crippen LogP contribution in [0.15, 0.2) is 101 Å². The minimum atomic E-state index is -0.205. The summed E-state index contributed by atoms with van der Waals surface area (Å²) in [5, 5.41) is 3.33. The van der Waals surface area contributed by atoms with Crippen LogP contribution in [0.25, 0.3) is 66.3 Å². The van der Waals surface area contributed by atoms with Crippen molar-refractivity contribution in [2.45, 2.75) is 40.0 Å². The number of hydrogen-bond acceptors (Lipinski definition) is 3. The smallest absolute Gasteiger partial charge is 0.258 e. The fraction of sp³-hybridized carbons (Fsp3) is 0.133. The van der Waals surface area contributed by atoms with Crippen LogP contribution in [0.1, 0.15) is 53.4 Å². The van der Waals surface area contributed by atoms with Gasteiger partial charge in [-0.3, -0.25) is 13.8 Å². The van der Waals surface area contributed by atoms with Crippen LogP contribution in [0.2, 0.25) is 0 Å². The molecule has 9 aromatic rings. The predicted octanol–water partition coefficient (Wildman–Crippen LogP) is 9.00. The number of hydrogen-bond donors (Lipinski definition) is 0. The van der Waals surface area contributed by atoms with E-state index in [1.165, 1.54) is 22.1 Å². The number of aromatic nitrogens is 2. The third-order valence-corrected chi connectivity index (χ3v) is 11.9. The largest absolute Gasteiger partial charge is 0.454 e. The van der Waals surface area contributed by atoms with Crippen LogP contribution in [-0.4, -0.2) is 21.5 Å². The maximum absolute atomic E-state index is 14.7.